The highest BCUT2D eigenvalue weighted by atomic mass is 35.5. The van der Waals surface area contributed by atoms with E-state index in [-0.39, 0.29) is 24.6 Å². The molecule has 4 nitrogen and oxygen atoms in total. The topological polar surface area (TPSA) is 50.7 Å². The van der Waals surface area contributed by atoms with Crippen LogP contribution in [-0.2, 0) is 13.2 Å². The van der Waals surface area contributed by atoms with E-state index in [1.807, 2.05) is 32.0 Å². The molecule has 5 heteroatoms. The average Bonchev–Trinajstić information content (AvgIpc) is 2.59. The van der Waals surface area contributed by atoms with Gasteiger partial charge in [-0.3, -0.25) is 0 Å². The summed E-state index contributed by atoms with van der Waals surface area (Å²) in [7, 11) is 1.64. The van der Waals surface area contributed by atoms with Crippen LogP contribution in [0.3, 0.4) is 0 Å². The largest absolute Gasteiger partial charge is 0.493 e. The number of aliphatic hydroxyl groups excluding tert-OH is 1. The third-order valence-corrected chi connectivity index (χ3v) is 3.94. The molecule has 0 fully saturated rings. The number of methoxy groups -OCH3 is 1. The molecule has 0 aliphatic rings. The van der Waals surface area contributed by atoms with Gasteiger partial charge in [0.05, 0.1) is 13.7 Å². The molecule has 0 saturated carbocycles. The number of hydrogen-bond acceptors (Lipinski definition) is 4. The first-order chi connectivity index (χ1) is 11.4. The number of para-hydroxylation sites is 1. The summed E-state index contributed by atoms with van der Waals surface area (Å²) in [6.45, 7) is 7.12. The van der Waals surface area contributed by atoms with E-state index in [9.17, 15) is 5.11 Å². The molecule has 0 atom stereocenters. The second kappa shape index (κ2) is 9.66. The molecule has 0 heterocycles. The van der Waals surface area contributed by atoms with Crippen LogP contribution in [0.4, 0.5) is 0 Å². The van der Waals surface area contributed by atoms with Gasteiger partial charge in [0, 0.05) is 17.6 Å². The normalized spacial score (nSPS) is 10.9. The molecule has 0 aliphatic heterocycles. The van der Waals surface area contributed by atoms with Crippen LogP contribution < -0.4 is 14.8 Å². The van der Waals surface area contributed by atoms with Gasteiger partial charge in [0.15, 0.2) is 11.5 Å². The molecule has 2 aromatic rings. The zero-order chi connectivity index (χ0) is 17.6. The van der Waals surface area contributed by atoms with E-state index >= 15 is 0 Å². The van der Waals surface area contributed by atoms with Crippen molar-refractivity contribution < 1.29 is 14.6 Å². The molecule has 0 amide bonds. The lowest BCUT2D eigenvalue weighted by Gasteiger charge is -2.24. The van der Waals surface area contributed by atoms with Gasteiger partial charge in [0.2, 0.25) is 0 Å². The van der Waals surface area contributed by atoms with Crippen molar-refractivity contribution in [2.45, 2.75) is 39.5 Å². The van der Waals surface area contributed by atoms with Gasteiger partial charge in [0.1, 0.15) is 6.61 Å². The third kappa shape index (κ3) is 6.24. The monoisotopic (exact) mass is 365 g/mol. The molecule has 0 aliphatic carbocycles. The zero-order valence-corrected chi connectivity index (χ0v) is 16.2. The zero-order valence-electron chi connectivity index (χ0n) is 15.3. The minimum Gasteiger partial charge on any atom is -0.493 e. The van der Waals surface area contributed by atoms with Crippen molar-refractivity contribution in [2.75, 3.05) is 13.7 Å². The Labute approximate surface area is 156 Å². The maximum atomic E-state index is 9.40. The van der Waals surface area contributed by atoms with Crippen molar-refractivity contribution in [3.05, 3.63) is 59.2 Å². The summed E-state index contributed by atoms with van der Waals surface area (Å²) in [5, 5.41) is 12.7. The summed E-state index contributed by atoms with van der Waals surface area (Å²) < 4.78 is 11.5. The lowest BCUT2D eigenvalue weighted by molar-refractivity contribution is 0.186. The van der Waals surface area contributed by atoms with E-state index in [1.54, 1.807) is 7.11 Å². The Bertz CT molecular complexity index is 656. The average molecular weight is 366 g/mol. The highest BCUT2D eigenvalue weighted by Gasteiger charge is 2.17. The number of ether oxygens (including phenoxy) is 2. The molecule has 0 radical (unpaired) electrons. The first-order valence-electron chi connectivity index (χ1n) is 8.15. The number of aliphatic hydroxyl groups is 1. The van der Waals surface area contributed by atoms with E-state index in [4.69, 9.17) is 9.47 Å². The second-order valence-corrected chi connectivity index (χ2v) is 6.62. The Kier molecular flexibility index (Phi) is 8.23. The van der Waals surface area contributed by atoms with Gasteiger partial charge < -0.3 is 19.9 Å². The smallest absolute Gasteiger partial charge is 0.166 e. The fraction of sp³-hybridized carbons (Fsp3) is 0.400. The van der Waals surface area contributed by atoms with E-state index in [0.29, 0.717) is 18.9 Å². The van der Waals surface area contributed by atoms with Gasteiger partial charge in [-0.05, 0) is 32.4 Å². The van der Waals surface area contributed by atoms with Gasteiger partial charge in [0.25, 0.3) is 0 Å². The SMILES string of the molecule is COc1cccc(CNC(C)(C)CO)c1OCc1ccc(C)cc1.Cl. The fourth-order valence-corrected chi connectivity index (χ4v) is 2.26. The number of benzene rings is 2. The van der Waals surface area contributed by atoms with Gasteiger partial charge in [-0.15, -0.1) is 12.4 Å². The first kappa shape index (κ1) is 21.3. The summed E-state index contributed by atoms with van der Waals surface area (Å²) >= 11 is 0. The molecule has 25 heavy (non-hydrogen) atoms. The highest BCUT2D eigenvalue weighted by molar-refractivity contribution is 5.85. The number of rotatable bonds is 8. The highest BCUT2D eigenvalue weighted by Crippen LogP contribution is 2.32. The Morgan fingerprint density at radius 3 is 2.36 bits per heavy atom. The quantitative estimate of drug-likeness (QED) is 0.745. The Balaban J connectivity index is 0.00000312. The van der Waals surface area contributed by atoms with Crippen molar-refractivity contribution in [3.8, 4) is 11.5 Å². The molecule has 0 aromatic heterocycles. The lowest BCUT2D eigenvalue weighted by Crippen LogP contribution is -2.42. The van der Waals surface area contributed by atoms with Gasteiger partial charge in [-0.25, -0.2) is 0 Å². The van der Waals surface area contributed by atoms with Gasteiger partial charge in [-0.1, -0.05) is 42.0 Å². The third-order valence-electron chi connectivity index (χ3n) is 3.94. The van der Waals surface area contributed by atoms with Crippen LogP contribution in [-0.4, -0.2) is 24.4 Å². The Morgan fingerprint density at radius 1 is 1.08 bits per heavy atom. The van der Waals surface area contributed by atoms with Crippen molar-refractivity contribution in [1.82, 2.24) is 5.32 Å². The van der Waals surface area contributed by atoms with Crippen LogP contribution in [0, 0.1) is 6.92 Å². The standard InChI is InChI=1S/C20H27NO3.ClH/c1-15-8-10-16(11-9-15)13-24-19-17(6-5-7-18(19)23-4)12-21-20(2,3)14-22;/h5-11,21-22H,12-14H2,1-4H3;1H. The minimum absolute atomic E-state index is 0. The molecule has 2 N–H and O–H groups in total. The predicted octanol–water partition coefficient (Wildman–Crippen LogP) is 3.86. The van der Waals surface area contributed by atoms with Crippen LogP contribution in [0.25, 0.3) is 0 Å². The molecular formula is C20H28ClNO3. The molecule has 138 valence electrons. The second-order valence-electron chi connectivity index (χ2n) is 6.62. The summed E-state index contributed by atoms with van der Waals surface area (Å²) in [6, 6.07) is 14.1. The summed E-state index contributed by atoms with van der Waals surface area (Å²) in [5.41, 5.74) is 2.99. The van der Waals surface area contributed by atoms with Crippen LogP contribution >= 0.6 is 12.4 Å². The van der Waals surface area contributed by atoms with Crippen molar-refractivity contribution in [2.24, 2.45) is 0 Å². The van der Waals surface area contributed by atoms with Crippen LogP contribution in [0.2, 0.25) is 0 Å². The Hall–Kier alpha value is -1.75. The lowest BCUT2D eigenvalue weighted by atomic mass is 10.1. The predicted molar refractivity (Wildman–Crippen MR) is 104 cm³/mol. The molecule has 0 spiro atoms. The van der Waals surface area contributed by atoms with Crippen molar-refractivity contribution in [1.29, 1.82) is 0 Å². The molecule has 0 bridgehead atoms. The van der Waals surface area contributed by atoms with Crippen LogP contribution in [0.5, 0.6) is 11.5 Å². The van der Waals surface area contributed by atoms with Gasteiger partial charge >= 0.3 is 0 Å². The maximum absolute atomic E-state index is 9.40. The summed E-state index contributed by atoms with van der Waals surface area (Å²) in [4.78, 5) is 0. The van der Waals surface area contributed by atoms with E-state index < -0.39 is 0 Å². The van der Waals surface area contributed by atoms with Crippen molar-refractivity contribution >= 4 is 12.4 Å². The number of aryl methyl sites for hydroxylation is 1. The summed E-state index contributed by atoms with van der Waals surface area (Å²) in [5.74, 6) is 1.45. The molecule has 0 saturated heterocycles. The number of hydrogen-bond donors (Lipinski definition) is 2. The van der Waals surface area contributed by atoms with Crippen molar-refractivity contribution in [3.63, 3.8) is 0 Å². The molecule has 0 unspecified atom stereocenters. The van der Waals surface area contributed by atoms with E-state index in [2.05, 4.69) is 36.5 Å². The van der Waals surface area contributed by atoms with Crippen LogP contribution in [0.15, 0.2) is 42.5 Å². The van der Waals surface area contributed by atoms with Gasteiger partial charge in [-0.2, -0.15) is 0 Å². The van der Waals surface area contributed by atoms with Crippen LogP contribution in [0.1, 0.15) is 30.5 Å². The maximum Gasteiger partial charge on any atom is 0.166 e. The summed E-state index contributed by atoms with van der Waals surface area (Å²) in [6.07, 6.45) is 0. The molecular weight excluding hydrogens is 338 g/mol. The van der Waals surface area contributed by atoms with E-state index in [0.717, 1.165) is 16.9 Å². The molecule has 2 aromatic carbocycles. The first-order valence-corrected chi connectivity index (χ1v) is 8.15. The Morgan fingerprint density at radius 2 is 1.76 bits per heavy atom. The molecule has 2 rings (SSSR count). The number of halogens is 1. The van der Waals surface area contributed by atoms with E-state index in [1.165, 1.54) is 5.56 Å². The minimum atomic E-state index is -0.350. The number of nitrogens with one attached hydrogen (secondary N) is 1. The fourth-order valence-electron chi connectivity index (χ4n) is 2.26.